The van der Waals surface area contributed by atoms with Crippen molar-refractivity contribution in [2.24, 2.45) is 5.92 Å². The number of anilines is 1. The van der Waals surface area contributed by atoms with Crippen LogP contribution in [0.5, 0.6) is 0 Å². The molecule has 5 heteroatoms. The number of aromatic carboxylic acids is 1. The van der Waals surface area contributed by atoms with Gasteiger partial charge in [-0.1, -0.05) is 30.4 Å². The minimum atomic E-state index is -0.895. The first-order chi connectivity index (χ1) is 13.0. The molecule has 0 bridgehead atoms. The Labute approximate surface area is 157 Å². The van der Waals surface area contributed by atoms with E-state index in [1.165, 1.54) is 7.11 Å². The average Bonchev–Trinajstić information content (AvgIpc) is 3.17. The van der Waals surface area contributed by atoms with E-state index in [1.807, 2.05) is 25.1 Å². The van der Waals surface area contributed by atoms with Gasteiger partial charge in [0.15, 0.2) is 0 Å². The number of aryl methyl sites for hydroxylation is 1. The number of nitrogens with one attached hydrogen (secondary N) is 1. The highest BCUT2D eigenvalue weighted by Crippen LogP contribution is 2.51. The van der Waals surface area contributed by atoms with Crippen molar-refractivity contribution >= 4 is 17.6 Å². The van der Waals surface area contributed by atoms with Gasteiger partial charge < -0.3 is 15.2 Å². The molecule has 1 aliphatic carbocycles. The Hall–Kier alpha value is -3.08. The SMILES string of the molecule is COC(=O)c1ccc([C@@H]2Nc3c(C)ccc(C(=O)O)c3[C@H]3C=CC[C@H]32)cc1. The molecule has 1 heterocycles. The van der Waals surface area contributed by atoms with E-state index in [0.717, 1.165) is 28.8 Å². The fourth-order valence-corrected chi connectivity index (χ4v) is 4.32. The summed E-state index contributed by atoms with van der Waals surface area (Å²) in [5.74, 6) is -0.947. The van der Waals surface area contributed by atoms with Crippen LogP contribution in [0.25, 0.3) is 0 Å². The molecule has 0 spiro atoms. The van der Waals surface area contributed by atoms with Crippen LogP contribution in [0.15, 0.2) is 48.6 Å². The van der Waals surface area contributed by atoms with Crippen LogP contribution in [0, 0.1) is 12.8 Å². The smallest absolute Gasteiger partial charge is 0.337 e. The lowest BCUT2D eigenvalue weighted by Crippen LogP contribution is -2.31. The standard InChI is InChI=1S/C22H21NO4/c1-12-6-11-17(21(24)25)18-15-4-3-5-16(15)20(23-19(12)18)13-7-9-14(10-8-13)22(26)27-2/h3-4,6-11,15-16,20,23H,5H2,1-2H3,(H,24,25)/t15-,16+,20-/m0/s1. The van der Waals surface area contributed by atoms with Crippen molar-refractivity contribution in [3.8, 4) is 0 Å². The topological polar surface area (TPSA) is 75.6 Å². The summed E-state index contributed by atoms with van der Waals surface area (Å²) in [4.78, 5) is 23.4. The number of allylic oxidation sites excluding steroid dienone is 2. The van der Waals surface area contributed by atoms with Crippen molar-refractivity contribution in [2.45, 2.75) is 25.3 Å². The van der Waals surface area contributed by atoms with Crippen LogP contribution in [0.3, 0.4) is 0 Å². The second-order valence-corrected chi connectivity index (χ2v) is 7.11. The number of rotatable bonds is 3. The van der Waals surface area contributed by atoms with Crippen molar-refractivity contribution < 1.29 is 19.4 Å². The van der Waals surface area contributed by atoms with Gasteiger partial charge in [-0.05, 0) is 54.2 Å². The summed E-state index contributed by atoms with van der Waals surface area (Å²) in [6.45, 7) is 1.99. The van der Waals surface area contributed by atoms with Gasteiger partial charge in [0.05, 0.1) is 24.3 Å². The van der Waals surface area contributed by atoms with Gasteiger partial charge in [-0.25, -0.2) is 9.59 Å². The largest absolute Gasteiger partial charge is 0.478 e. The summed E-state index contributed by atoms with van der Waals surface area (Å²) in [5, 5.41) is 13.2. The molecule has 27 heavy (non-hydrogen) atoms. The number of hydrogen-bond donors (Lipinski definition) is 2. The van der Waals surface area contributed by atoms with Crippen molar-refractivity contribution in [1.82, 2.24) is 0 Å². The summed E-state index contributed by atoms with van der Waals surface area (Å²) < 4.78 is 4.77. The van der Waals surface area contributed by atoms with Gasteiger partial charge in [-0.2, -0.15) is 0 Å². The molecule has 4 rings (SSSR count). The number of carbonyl (C=O) groups is 2. The van der Waals surface area contributed by atoms with Crippen molar-refractivity contribution in [3.63, 3.8) is 0 Å². The van der Waals surface area contributed by atoms with Gasteiger partial charge >= 0.3 is 11.9 Å². The average molecular weight is 363 g/mol. The molecule has 0 unspecified atom stereocenters. The number of hydrogen-bond acceptors (Lipinski definition) is 4. The lowest BCUT2D eigenvalue weighted by molar-refractivity contribution is 0.0599. The lowest BCUT2D eigenvalue weighted by atomic mass is 9.74. The maximum Gasteiger partial charge on any atom is 0.337 e. The Balaban J connectivity index is 1.77. The predicted octanol–water partition coefficient (Wildman–Crippen LogP) is 4.31. The molecule has 3 atom stereocenters. The van der Waals surface area contributed by atoms with Crippen molar-refractivity contribution in [1.29, 1.82) is 0 Å². The van der Waals surface area contributed by atoms with Gasteiger partial charge in [0.2, 0.25) is 0 Å². The monoisotopic (exact) mass is 363 g/mol. The second-order valence-electron chi connectivity index (χ2n) is 7.11. The first-order valence-electron chi connectivity index (χ1n) is 8.99. The Morgan fingerprint density at radius 3 is 2.56 bits per heavy atom. The lowest BCUT2D eigenvalue weighted by Gasteiger charge is -2.39. The first-order valence-corrected chi connectivity index (χ1v) is 8.99. The van der Waals surface area contributed by atoms with E-state index in [4.69, 9.17) is 4.74 Å². The molecule has 2 aromatic rings. The highest BCUT2D eigenvalue weighted by atomic mass is 16.5. The van der Waals surface area contributed by atoms with E-state index in [9.17, 15) is 14.7 Å². The fraction of sp³-hybridized carbons (Fsp3) is 0.273. The van der Waals surface area contributed by atoms with Crippen LogP contribution >= 0.6 is 0 Å². The van der Waals surface area contributed by atoms with E-state index in [1.54, 1.807) is 18.2 Å². The summed E-state index contributed by atoms with van der Waals surface area (Å²) in [5.41, 5.74) is 4.78. The van der Waals surface area contributed by atoms with E-state index < -0.39 is 5.97 Å². The summed E-state index contributed by atoms with van der Waals surface area (Å²) >= 11 is 0. The quantitative estimate of drug-likeness (QED) is 0.628. The first kappa shape index (κ1) is 17.3. The third-order valence-corrected chi connectivity index (χ3v) is 5.65. The van der Waals surface area contributed by atoms with Gasteiger partial charge in [0.1, 0.15) is 0 Å². The molecular formula is C22H21NO4. The van der Waals surface area contributed by atoms with Crippen molar-refractivity contribution in [2.75, 3.05) is 12.4 Å². The third-order valence-electron chi connectivity index (χ3n) is 5.65. The fourth-order valence-electron chi connectivity index (χ4n) is 4.32. The van der Waals surface area contributed by atoms with E-state index in [-0.39, 0.29) is 23.8 Å². The highest BCUT2D eigenvalue weighted by molar-refractivity contribution is 5.93. The number of carboxylic acids is 1. The molecule has 5 nitrogen and oxygen atoms in total. The van der Waals surface area contributed by atoms with Crippen LogP contribution in [-0.4, -0.2) is 24.2 Å². The number of fused-ring (bicyclic) bond motifs is 3. The zero-order valence-electron chi connectivity index (χ0n) is 15.2. The van der Waals surface area contributed by atoms with Crippen LogP contribution in [0.4, 0.5) is 5.69 Å². The van der Waals surface area contributed by atoms with Crippen LogP contribution in [-0.2, 0) is 4.74 Å². The normalized spacial score (nSPS) is 22.5. The highest BCUT2D eigenvalue weighted by Gasteiger charge is 2.40. The molecule has 1 aliphatic heterocycles. The molecule has 0 saturated heterocycles. The van der Waals surface area contributed by atoms with Gasteiger partial charge in [-0.3, -0.25) is 0 Å². The number of methoxy groups -OCH3 is 1. The summed E-state index contributed by atoms with van der Waals surface area (Å²) in [6.07, 6.45) is 5.15. The molecular weight excluding hydrogens is 342 g/mol. The molecule has 0 saturated carbocycles. The maximum atomic E-state index is 11.8. The number of esters is 1. The number of ether oxygens (including phenoxy) is 1. The van der Waals surface area contributed by atoms with E-state index in [0.29, 0.717) is 11.1 Å². The number of benzene rings is 2. The Bertz CT molecular complexity index is 946. The van der Waals surface area contributed by atoms with Gasteiger partial charge in [0, 0.05) is 11.6 Å². The molecule has 2 N–H and O–H groups in total. The Morgan fingerprint density at radius 1 is 1.15 bits per heavy atom. The van der Waals surface area contributed by atoms with Crippen molar-refractivity contribution in [3.05, 3.63) is 76.4 Å². The Kier molecular flexibility index (Phi) is 4.22. The Morgan fingerprint density at radius 2 is 1.89 bits per heavy atom. The molecule has 0 amide bonds. The maximum absolute atomic E-state index is 11.8. The number of carboxylic acid groups (broad SMARTS) is 1. The summed E-state index contributed by atoms with van der Waals surface area (Å²) in [7, 11) is 1.37. The molecule has 2 aliphatic rings. The van der Waals surface area contributed by atoms with Gasteiger partial charge in [-0.15, -0.1) is 0 Å². The summed E-state index contributed by atoms with van der Waals surface area (Å²) in [6, 6.07) is 11.0. The third kappa shape index (κ3) is 2.79. The predicted molar refractivity (Wildman–Crippen MR) is 102 cm³/mol. The molecule has 0 aromatic heterocycles. The zero-order chi connectivity index (χ0) is 19.1. The number of carbonyl (C=O) groups excluding carboxylic acids is 1. The van der Waals surface area contributed by atoms with Crippen LogP contribution in [0.2, 0.25) is 0 Å². The second kappa shape index (κ2) is 6.58. The molecule has 138 valence electrons. The van der Waals surface area contributed by atoms with Gasteiger partial charge in [0.25, 0.3) is 0 Å². The zero-order valence-corrected chi connectivity index (χ0v) is 15.2. The molecule has 2 aromatic carbocycles. The van der Waals surface area contributed by atoms with E-state index in [2.05, 4.69) is 17.5 Å². The van der Waals surface area contributed by atoms with Crippen LogP contribution in [0.1, 0.15) is 55.8 Å². The van der Waals surface area contributed by atoms with E-state index >= 15 is 0 Å². The van der Waals surface area contributed by atoms with Crippen LogP contribution < -0.4 is 5.32 Å². The molecule has 0 radical (unpaired) electrons. The molecule has 0 fully saturated rings. The minimum absolute atomic E-state index is 0.0481. The minimum Gasteiger partial charge on any atom is -0.478 e.